The third kappa shape index (κ3) is 6.60. The number of rotatable bonds is 10. The number of benzene rings is 4. The van der Waals surface area contributed by atoms with Gasteiger partial charge in [0.25, 0.3) is 0 Å². The van der Waals surface area contributed by atoms with E-state index in [1.807, 2.05) is 97.1 Å². The molecule has 0 heterocycles. The third-order valence-electron chi connectivity index (χ3n) is 8.15. The van der Waals surface area contributed by atoms with Crippen LogP contribution in [0.15, 0.2) is 158 Å². The predicted molar refractivity (Wildman–Crippen MR) is 179 cm³/mol. The summed E-state index contributed by atoms with van der Waals surface area (Å²) in [4.78, 5) is 14.5. The molecular weight excluding hydrogens is 587 g/mol. The van der Waals surface area contributed by atoms with Crippen LogP contribution in [0.4, 0.5) is 0 Å². The molecule has 4 aromatic carbocycles. The summed E-state index contributed by atoms with van der Waals surface area (Å²) >= 11 is 12.4. The number of hydrogen-bond donors (Lipinski definition) is 0. The number of hydrogen-bond acceptors (Lipinski definition) is 3. The first-order valence-corrected chi connectivity index (χ1v) is 15.4. The quantitative estimate of drug-likeness (QED) is 0.177. The van der Waals surface area contributed by atoms with E-state index in [9.17, 15) is 4.79 Å². The van der Waals surface area contributed by atoms with Crippen LogP contribution in [0.25, 0.3) is 0 Å². The molecule has 0 aliphatic heterocycles. The number of carbonyl (C=O) groups excluding carboxylic acids is 1. The fourth-order valence-electron chi connectivity index (χ4n) is 6.16. The van der Waals surface area contributed by atoms with Crippen LogP contribution in [0.1, 0.15) is 35.8 Å². The van der Waals surface area contributed by atoms with Crippen molar-refractivity contribution in [3.63, 3.8) is 0 Å². The van der Waals surface area contributed by atoms with Gasteiger partial charge in [0.05, 0.1) is 12.8 Å². The van der Waals surface area contributed by atoms with Crippen molar-refractivity contribution in [1.82, 2.24) is 0 Å². The van der Waals surface area contributed by atoms with Crippen LogP contribution in [-0.2, 0) is 4.79 Å². The highest BCUT2D eigenvalue weighted by Crippen LogP contribution is 2.44. The van der Waals surface area contributed by atoms with Gasteiger partial charge >= 0.3 is 0 Å². The number of ketones is 1. The van der Waals surface area contributed by atoms with Crippen molar-refractivity contribution in [1.29, 1.82) is 0 Å². The lowest BCUT2D eigenvalue weighted by atomic mass is 9.72. The van der Waals surface area contributed by atoms with Gasteiger partial charge in [0.2, 0.25) is 0 Å². The van der Waals surface area contributed by atoms with Crippen LogP contribution in [-0.4, -0.2) is 17.0 Å². The van der Waals surface area contributed by atoms with Gasteiger partial charge < -0.3 is 9.47 Å². The van der Waals surface area contributed by atoms with Gasteiger partial charge in [-0.05, 0) is 71.8 Å². The molecule has 3 nitrogen and oxygen atoms in total. The van der Waals surface area contributed by atoms with E-state index in [1.165, 1.54) is 0 Å². The summed E-state index contributed by atoms with van der Waals surface area (Å²) in [6.45, 7) is 0. The summed E-state index contributed by atoms with van der Waals surface area (Å²) in [6, 6.07) is 34.9. The molecular formula is C39H32Cl2O3. The number of allylic oxidation sites excluding steroid dienone is 4. The summed E-state index contributed by atoms with van der Waals surface area (Å²) in [5.41, 5.74) is 0.173. The second-order valence-electron chi connectivity index (χ2n) is 11.2. The van der Waals surface area contributed by atoms with Gasteiger partial charge in [-0.1, -0.05) is 120 Å². The third-order valence-corrected chi connectivity index (χ3v) is 8.65. The zero-order chi connectivity index (χ0) is 30.4. The Morgan fingerprint density at radius 2 is 0.932 bits per heavy atom. The van der Waals surface area contributed by atoms with E-state index in [0.29, 0.717) is 21.5 Å². The Balaban J connectivity index is 1.38. The Labute approximate surface area is 268 Å². The monoisotopic (exact) mass is 618 g/mol. The summed E-state index contributed by atoms with van der Waals surface area (Å²) in [6.07, 6.45) is 16.4. The van der Waals surface area contributed by atoms with Crippen LogP contribution < -0.4 is 9.47 Å². The zero-order valence-corrected chi connectivity index (χ0v) is 25.6. The van der Waals surface area contributed by atoms with Crippen molar-refractivity contribution < 1.29 is 14.3 Å². The predicted octanol–water partition coefficient (Wildman–Crippen LogP) is 10.1. The van der Waals surface area contributed by atoms with Crippen molar-refractivity contribution >= 4 is 29.0 Å². The van der Waals surface area contributed by atoms with Gasteiger partial charge in [-0.25, -0.2) is 0 Å². The minimum Gasteiger partial charge on any atom is -0.482 e. The van der Waals surface area contributed by atoms with E-state index < -0.39 is 11.2 Å². The molecule has 6 rings (SSSR count). The highest BCUT2D eigenvalue weighted by atomic mass is 35.5. The lowest BCUT2D eigenvalue weighted by Crippen LogP contribution is -2.47. The summed E-state index contributed by atoms with van der Waals surface area (Å²) in [7, 11) is 0. The largest absolute Gasteiger partial charge is 0.482 e. The molecule has 5 heteroatoms. The Morgan fingerprint density at radius 1 is 0.545 bits per heavy atom. The van der Waals surface area contributed by atoms with Gasteiger partial charge in [0.1, 0.15) is 28.5 Å². The lowest BCUT2D eigenvalue weighted by molar-refractivity contribution is -0.125. The Hall–Kier alpha value is -4.31. The molecule has 2 aliphatic rings. The van der Waals surface area contributed by atoms with E-state index in [0.717, 1.165) is 11.1 Å². The average Bonchev–Trinajstić information content (AvgIpc) is 3.04. The highest BCUT2D eigenvalue weighted by molar-refractivity contribution is 6.30. The molecule has 0 N–H and O–H groups in total. The van der Waals surface area contributed by atoms with E-state index in [1.54, 1.807) is 24.3 Å². The van der Waals surface area contributed by atoms with Gasteiger partial charge in [-0.3, -0.25) is 4.79 Å². The SMILES string of the molecule is O=C(CC1(Oc2ccc(Cl)cc2)C=CC=CC1c1ccccc1)CC1(Oc2ccc(Cl)cc2)C=CC=CC1c1ccccc1. The van der Waals surface area contributed by atoms with E-state index in [4.69, 9.17) is 32.7 Å². The summed E-state index contributed by atoms with van der Waals surface area (Å²) in [5, 5.41) is 1.23. The Kier molecular flexibility index (Phi) is 8.88. The standard InChI is InChI=1S/C39H32Cl2O3/c40-31-17-21-34(22-18-31)43-38(25-9-7-15-36(38)29-11-3-1-4-12-29)27-33(42)28-39(44-35-23-19-32(41)20-24-35)26-10-8-16-37(39)30-13-5-2-6-14-30/h1-26,36-37H,27-28H2. The second-order valence-corrected chi connectivity index (χ2v) is 12.1. The first kappa shape index (κ1) is 29.7. The Bertz CT molecular complexity index is 1570. The molecule has 0 amide bonds. The topological polar surface area (TPSA) is 35.5 Å². The zero-order valence-electron chi connectivity index (χ0n) is 24.1. The summed E-state index contributed by atoms with van der Waals surface area (Å²) < 4.78 is 13.6. The maximum atomic E-state index is 14.5. The van der Waals surface area contributed by atoms with Crippen LogP contribution in [0.2, 0.25) is 10.0 Å². The highest BCUT2D eigenvalue weighted by Gasteiger charge is 2.46. The van der Waals surface area contributed by atoms with E-state index in [2.05, 4.69) is 36.4 Å². The molecule has 220 valence electrons. The number of Topliss-reactive ketones (excluding diaryl/α,β-unsaturated/α-hetero) is 1. The lowest BCUT2D eigenvalue weighted by Gasteiger charge is -2.42. The van der Waals surface area contributed by atoms with Gasteiger partial charge in [0, 0.05) is 21.9 Å². The average molecular weight is 620 g/mol. The van der Waals surface area contributed by atoms with Crippen molar-refractivity contribution in [3.8, 4) is 11.5 Å². The van der Waals surface area contributed by atoms with Crippen LogP contribution in [0.3, 0.4) is 0 Å². The van der Waals surface area contributed by atoms with Crippen LogP contribution in [0, 0.1) is 0 Å². The minimum atomic E-state index is -0.973. The molecule has 4 atom stereocenters. The Morgan fingerprint density at radius 3 is 1.32 bits per heavy atom. The van der Waals surface area contributed by atoms with Crippen molar-refractivity contribution in [2.24, 2.45) is 0 Å². The molecule has 0 bridgehead atoms. The fraction of sp³-hybridized carbons (Fsp3) is 0.154. The molecule has 44 heavy (non-hydrogen) atoms. The van der Waals surface area contributed by atoms with Crippen molar-refractivity contribution in [2.45, 2.75) is 35.9 Å². The van der Waals surface area contributed by atoms with Gasteiger partial charge in [-0.2, -0.15) is 0 Å². The fourth-order valence-corrected chi connectivity index (χ4v) is 6.41. The normalized spacial score (nSPS) is 23.8. The van der Waals surface area contributed by atoms with Crippen molar-refractivity contribution in [3.05, 3.63) is 179 Å². The molecule has 0 radical (unpaired) electrons. The maximum absolute atomic E-state index is 14.5. The first-order valence-electron chi connectivity index (χ1n) is 14.7. The molecule has 4 unspecified atom stereocenters. The molecule has 0 aromatic heterocycles. The number of carbonyl (C=O) groups is 1. The van der Waals surface area contributed by atoms with Crippen LogP contribution >= 0.6 is 23.2 Å². The number of ether oxygens (including phenoxy) is 2. The molecule has 2 aliphatic carbocycles. The molecule has 0 fully saturated rings. The minimum absolute atomic E-state index is 0.00897. The summed E-state index contributed by atoms with van der Waals surface area (Å²) in [5.74, 6) is 0.881. The first-order chi connectivity index (χ1) is 21.4. The smallest absolute Gasteiger partial charge is 0.144 e. The van der Waals surface area contributed by atoms with Gasteiger partial charge in [0.15, 0.2) is 0 Å². The second kappa shape index (κ2) is 13.1. The van der Waals surface area contributed by atoms with Gasteiger partial charge in [-0.15, -0.1) is 0 Å². The van der Waals surface area contributed by atoms with E-state index in [-0.39, 0.29) is 30.5 Å². The molecule has 0 saturated heterocycles. The molecule has 0 spiro atoms. The molecule has 0 saturated carbocycles. The van der Waals surface area contributed by atoms with Crippen molar-refractivity contribution in [2.75, 3.05) is 0 Å². The van der Waals surface area contributed by atoms with Crippen LogP contribution in [0.5, 0.6) is 11.5 Å². The maximum Gasteiger partial charge on any atom is 0.144 e. The number of halogens is 2. The van der Waals surface area contributed by atoms with E-state index >= 15 is 0 Å². The molecule has 4 aromatic rings.